The van der Waals surface area contributed by atoms with Crippen LogP contribution in [0.15, 0.2) is 53.1 Å². The number of aliphatic carboxylic acids is 1. The highest BCUT2D eigenvalue weighted by Crippen LogP contribution is 2.19. The van der Waals surface area contributed by atoms with E-state index in [0.717, 1.165) is 5.56 Å². The van der Waals surface area contributed by atoms with E-state index in [1.165, 1.54) is 0 Å². The molecule has 0 saturated heterocycles. The molecule has 3 rings (SSSR count). The van der Waals surface area contributed by atoms with Crippen molar-refractivity contribution in [2.75, 3.05) is 10.6 Å². The van der Waals surface area contributed by atoms with Gasteiger partial charge >= 0.3 is 23.8 Å². The molecule has 1 unspecified atom stereocenters. The minimum Gasteiger partial charge on any atom is -0.480 e. The second-order valence-electron chi connectivity index (χ2n) is 7.48. The van der Waals surface area contributed by atoms with Gasteiger partial charge in [-0.1, -0.05) is 36.7 Å². The first-order valence-corrected chi connectivity index (χ1v) is 9.85. The molecule has 1 heterocycles. The Hall–Kier alpha value is -4.21. The van der Waals surface area contributed by atoms with Crippen LogP contribution in [0.1, 0.15) is 30.1 Å². The number of nitrogens with zero attached hydrogens (tertiary/aromatic N) is 2. The summed E-state index contributed by atoms with van der Waals surface area (Å²) in [5.74, 6) is -2.42. The number of carbonyl (C=O) groups is 3. The van der Waals surface area contributed by atoms with Gasteiger partial charge in [-0.05, 0) is 49.2 Å². The molecule has 0 aliphatic rings. The van der Waals surface area contributed by atoms with Gasteiger partial charge in [0, 0.05) is 16.9 Å². The number of nitrogens with one attached hydrogen (secondary N) is 3. The molecular weight excluding hydrogens is 414 g/mol. The fraction of sp³-hybridized carbons (Fsp3) is 0.227. The molecule has 32 heavy (non-hydrogen) atoms. The predicted molar refractivity (Wildman–Crippen MR) is 117 cm³/mol. The largest absolute Gasteiger partial charge is 0.480 e. The highest BCUT2D eigenvalue weighted by molar-refractivity contribution is 5.99. The minimum atomic E-state index is -1.15. The number of benzene rings is 2. The van der Waals surface area contributed by atoms with E-state index in [1.807, 2.05) is 31.2 Å². The molecule has 0 aliphatic carbocycles. The monoisotopic (exact) mass is 437 g/mol. The Labute approximate surface area is 184 Å². The van der Waals surface area contributed by atoms with E-state index >= 15 is 0 Å². The topological polar surface area (TPSA) is 146 Å². The van der Waals surface area contributed by atoms with Crippen molar-refractivity contribution in [3.63, 3.8) is 0 Å². The summed E-state index contributed by atoms with van der Waals surface area (Å²) >= 11 is 0. The quantitative estimate of drug-likeness (QED) is 0.442. The highest BCUT2D eigenvalue weighted by Gasteiger charge is 2.26. The van der Waals surface area contributed by atoms with Crippen LogP contribution in [0.2, 0.25) is 0 Å². The molecule has 10 nitrogen and oxygen atoms in total. The van der Waals surface area contributed by atoms with Crippen molar-refractivity contribution in [3.8, 4) is 11.4 Å². The highest BCUT2D eigenvalue weighted by atomic mass is 16.5. The Bertz CT molecular complexity index is 1110. The fourth-order valence-corrected chi connectivity index (χ4v) is 2.78. The van der Waals surface area contributed by atoms with Crippen molar-refractivity contribution in [2.45, 2.75) is 26.8 Å². The van der Waals surface area contributed by atoms with E-state index in [1.54, 1.807) is 38.1 Å². The lowest BCUT2D eigenvalue weighted by Crippen LogP contribution is -2.44. The van der Waals surface area contributed by atoms with Gasteiger partial charge in [0.15, 0.2) is 0 Å². The number of urea groups is 1. The standard InChI is InChI=1S/C22H23N5O5/c1-12(2)17(21(29)30)25-19(28)20-26-18(27-32-20)14-6-10-16(11-7-14)24-22(31)23-15-8-4-13(3)5-9-15/h4-12,17H,1-3H3,(H,25,28)(H,29,30)(H2,23,24,31). The third-order valence-electron chi connectivity index (χ3n) is 4.55. The number of carbonyl (C=O) groups excluding carboxylic acids is 2. The molecule has 0 saturated carbocycles. The Kier molecular flexibility index (Phi) is 6.83. The van der Waals surface area contributed by atoms with Gasteiger partial charge in [0.2, 0.25) is 5.82 Å². The van der Waals surface area contributed by atoms with Crippen LogP contribution in [0.3, 0.4) is 0 Å². The smallest absolute Gasteiger partial charge is 0.326 e. The van der Waals surface area contributed by atoms with E-state index in [9.17, 15) is 19.5 Å². The SMILES string of the molecule is Cc1ccc(NC(=O)Nc2ccc(-c3noc(C(=O)NC(C(=O)O)C(C)C)n3)cc2)cc1. The zero-order chi connectivity index (χ0) is 23.3. The van der Waals surface area contributed by atoms with Gasteiger partial charge in [-0.3, -0.25) is 4.79 Å². The zero-order valence-electron chi connectivity index (χ0n) is 17.7. The van der Waals surface area contributed by atoms with Gasteiger partial charge in [-0.2, -0.15) is 4.98 Å². The first-order chi connectivity index (χ1) is 15.2. The molecule has 2 aromatic carbocycles. The normalized spacial score (nSPS) is 11.6. The van der Waals surface area contributed by atoms with Gasteiger partial charge in [0.1, 0.15) is 6.04 Å². The van der Waals surface area contributed by atoms with Gasteiger partial charge < -0.3 is 25.6 Å². The Morgan fingerprint density at radius 3 is 2.03 bits per heavy atom. The van der Waals surface area contributed by atoms with Crippen LogP contribution in [-0.2, 0) is 4.79 Å². The van der Waals surface area contributed by atoms with Crippen molar-refractivity contribution >= 4 is 29.3 Å². The predicted octanol–water partition coefficient (Wildman–Crippen LogP) is 3.53. The van der Waals surface area contributed by atoms with Gasteiger partial charge in [-0.15, -0.1) is 0 Å². The van der Waals surface area contributed by atoms with E-state index < -0.39 is 23.9 Å². The third-order valence-corrected chi connectivity index (χ3v) is 4.55. The molecule has 10 heteroatoms. The molecule has 0 bridgehead atoms. The average Bonchev–Trinajstić information content (AvgIpc) is 3.24. The number of hydrogen-bond donors (Lipinski definition) is 4. The summed E-state index contributed by atoms with van der Waals surface area (Å²) in [6.07, 6.45) is 0. The van der Waals surface area contributed by atoms with E-state index in [-0.39, 0.29) is 17.6 Å². The van der Waals surface area contributed by atoms with Crippen molar-refractivity contribution in [1.29, 1.82) is 0 Å². The van der Waals surface area contributed by atoms with Crippen LogP contribution in [0, 0.1) is 12.8 Å². The molecule has 4 N–H and O–H groups in total. The van der Waals surface area contributed by atoms with Crippen molar-refractivity contribution in [2.24, 2.45) is 5.92 Å². The van der Waals surface area contributed by atoms with Crippen molar-refractivity contribution in [1.82, 2.24) is 15.5 Å². The van der Waals surface area contributed by atoms with Crippen molar-refractivity contribution < 1.29 is 24.0 Å². The van der Waals surface area contributed by atoms with Crippen molar-refractivity contribution in [3.05, 3.63) is 60.0 Å². The number of carboxylic acid groups (broad SMARTS) is 1. The maximum absolute atomic E-state index is 12.2. The molecule has 166 valence electrons. The first kappa shape index (κ1) is 22.5. The summed E-state index contributed by atoms with van der Waals surface area (Å²) in [6, 6.07) is 12.6. The molecule has 0 radical (unpaired) electrons. The lowest BCUT2D eigenvalue weighted by atomic mass is 10.1. The molecule has 0 fully saturated rings. The fourth-order valence-electron chi connectivity index (χ4n) is 2.78. The summed E-state index contributed by atoms with van der Waals surface area (Å²) in [4.78, 5) is 39.6. The maximum Gasteiger partial charge on any atom is 0.326 e. The number of hydrogen-bond acceptors (Lipinski definition) is 6. The van der Waals surface area contributed by atoms with Gasteiger partial charge in [-0.25, -0.2) is 9.59 Å². The summed E-state index contributed by atoms with van der Waals surface area (Å²) in [5.41, 5.74) is 2.86. The van der Waals surface area contributed by atoms with E-state index in [0.29, 0.717) is 16.9 Å². The Morgan fingerprint density at radius 1 is 0.938 bits per heavy atom. The Balaban J connectivity index is 1.62. The minimum absolute atomic E-state index is 0.155. The molecule has 3 amide bonds. The average molecular weight is 437 g/mol. The molecule has 3 aromatic rings. The summed E-state index contributed by atoms with van der Waals surface area (Å²) in [5, 5.41) is 20.8. The van der Waals surface area contributed by atoms with Gasteiger partial charge in [0.05, 0.1) is 0 Å². The van der Waals surface area contributed by atoms with Crippen LogP contribution >= 0.6 is 0 Å². The van der Waals surface area contributed by atoms with Crippen LogP contribution in [0.25, 0.3) is 11.4 Å². The number of carboxylic acids is 1. The molecule has 0 spiro atoms. The lowest BCUT2D eigenvalue weighted by Gasteiger charge is -2.16. The van der Waals surface area contributed by atoms with E-state index in [4.69, 9.17) is 4.52 Å². The number of anilines is 2. The molecule has 0 aliphatic heterocycles. The second kappa shape index (κ2) is 9.73. The maximum atomic E-state index is 12.2. The molecular formula is C22H23N5O5. The van der Waals surface area contributed by atoms with Crippen LogP contribution in [0.4, 0.5) is 16.2 Å². The van der Waals surface area contributed by atoms with Crippen LogP contribution in [0.5, 0.6) is 0 Å². The van der Waals surface area contributed by atoms with Gasteiger partial charge in [0.25, 0.3) is 0 Å². The summed E-state index contributed by atoms with van der Waals surface area (Å²) in [6.45, 7) is 5.31. The number of amides is 3. The number of aromatic nitrogens is 2. The number of aryl methyl sites for hydroxylation is 1. The van der Waals surface area contributed by atoms with Crippen LogP contribution < -0.4 is 16.0 Å². The number of rotatable bonds is 7. The molecule has 1 aromatic heterocycles. The van der Waals surface area contributed by atoms with Crippen LogP contribution in [-0.4, -0.2) is 39.2 Å². The Morgan fingerprint density at radius 2 is 1.50 bits per heavy atom. The first-order valence-electron chi connectivity index (χ1n) is 9.85. The lowest BCUT2D eigenvalue weighted by molar-refractivity contribution is -0.140. The zero-order valence-corrected chi connectivity index (χ0v) is 17.7. The third kappa shape index (κ3) is 5.69. The second-order valence-corrected chi connectivity index (χ2v) is 7.48. The molecule has 1 atom stereocenters. The summed E-state index contributed by atoms with van der Waals surface area (Å²) in [7, 11) is 0. The summed E-state index contributed by atoms with van der Waals surface area (Å²) < 4.78 is 4.96. The van der Waals surface area contributed by atoms with E-state index in [2.05, 4.69) is 26.1 Å².